The molecule has 0 aliphatic rings. The highest BCUT2D eigenvalue weighted by Gasteiger charge is 2.06. The second kappa shape index (κ2) is 3.89. The minimum absolute atomic E-state index is 0.414. The topological polar surface area (TPSA) is 101 Å². The zero-order valence-electron chi connectivity index (χ0n) is 8.38. The van der Waals surface area contributed by atoms with Crippen LogP contribution in [0.25, 0.3) is 11.4 Å². The molecule has 0 unspecified atom stereocenters. The molecule has 1 heterocycles. The zero-order valence-corrected chi connectivity index (χ0v) is 9.19. The number of aromatic amines is 1. The van der Waals surface area contributed by atoms with Crippen LogP contribution in [0, 0.1) is 0 Å². The van der Waals surface area contributed by atoms with E-state index >= 15 is 0 Å². The molecule has 0 saturated carbocycles. The average molecular weight is 239 g/mol. The summed E-state index contributed by atoms with van der Waals surface area (Å²) in [5.74, 6) is 0.414. The largest absolute Gasteiger partial charge is 0.284 e. The third kappa shape index (κ3) is 2.54. The minimum Gasteiger partial charge on any atom is -0.284 e. The molecule has 0 aliphatic carbocycles. The molecular weight excluding hydrogens is 230 g/mol. The first-order valence-electron chi connectivity index (χ1n) is 4.36. The van der Waals surface area contributed by atoms with Crippen LogP contribution in [0.2, 0.25) is 0 Å². The molecule has 0 atom stereocenters. The van der Waals surface area contributed by atoms with Gasteiger partial charge in [0.1, 0.15) is 0 Å². The van der Waals surface area contributed by atoms with Crippen molar-refractivity contribution in [2.45, 2.75) is 0 Å². The van der Waals surface area contributed by atoms with Crippen LogP contribution in [0.15, 0.2) is 24.3 Å². The molecule has 0 spiro atoms. The summed E-state index contributed by atoms with van der Waals surface area (Å²) in [4.78, 5) is 0. The maximum atomic E-state index is 11.0. The highest BCUT2D eigenvalue weighted by molar-refractivity contribution is 7.92. The molecule has 0 bridgehead atoms. The van der Waals surface area contributed by atoms with E-state index in [4.69, 9.17) is 0 Å². The van der Waals surface area contributed by atoms with Crippen LogP contribution >= 0.6 is 0 Å². The van der Waals surface area contributed by atoms with E-state index in [1.165, 1.54) is 0 Å². The van der Waals surface area contributed by atoms with Crippen LogP contribution in [-0.4, -0.2) is 35.3 Å². The van der Waals surface area contributed by atoms with E-state index in [1.807, 2.05) is 0 Å². The van der Waals surface area contributed by atoms with Crippen molar-refractivity contribution < 1.29 is 8.42 Å². The van der Waals surface area contributed by atoms with Gasteiger partial charge in [0.25, 0.3) is 0 Å². The zero-order chi connectivity index (χ0) is 11.6. The number of aromatic nitrogens is 4. The number of benzene rings is 1. The Labute approximate surface area is 91.9 Å². The number of hydrogen-bond donors (Lipinski definition) is 2. The number of rotatable bonds is 3. The summed E-state index contributed by atoms with van der Waals surface area (Å²) in [7, 11) is -3.28. The number of anilines is 1. The summed E-state index contributed by atoms with van der Waals surface area (Å²) in [5.41, 5.74) is 1.15. The first-order chi connectivity index (χ1) is 7.54. The Morgan fingerprint density at radius 1 is 1.38 bits per heavy atom. The van der Waals surface area contributed by atoms with Crippen molar-refractivity contribution in [3.8, 4) is 11.4 Å². The first kappa shape index (κ1) is 10.6. The summed E-state index contributed by atoms with van der Waals surface area (Å²) < 4.78 is 24.4. The van der Waals surface area contributed by atoms with Gasteiger partial charge in [0, 0.05) is 11.3 Å². The quantitative estimate of drug-likeness (QED) is 0.799. The number of hydrogen-bond acceptors (Lipinski definition) is 5. The molecule has 2 aromatic rings. The van der Waals surface area contributed by atoms with Gasteiger partial charge in [-0.3, -0.25) is 4.72 Å². The Morgan fingerprint density at radius 3 is 2.81 bits per heavy atom. The summed E-state index contributed by atoms with van der Waals surface area (Å²) in [5, 5.41) is 13.4. The Bertz CT molecular complexity index is 578. The van der Waals surface area contributed by atoms with E-state index in [0.717, 1.165) is 6.26 Å². The molecule has 2 rings (SSSR count). The summed E-state index contributed by atoms with van der Waals surface area (Å²) in [6.07, 6.45) is 1.09. The molecule has 2 N–H and O–H groups in total. The second-order valence-corrected chi connectivity index (χ2v) is 4.94. The molecule has 8 heteroatoms. The second-order valence-electron chi connectivity index (χ2n) is 3.19. The van der Waals surface area contributed by atoms with Gasteiger partial charge >= 0.3 is 0 Å². The summed E-state index contributed by atoms with van der Waals surface area (Å²) in [6, 6.07) is 6.74. The van der Waals surface area contributed by atoms with Crippen molar-refractivity contribution in [1.29, 1.82) is 0 Å². The normalized spacial score (nSPS) is 11.3. The molecule has 0 amide bonds. The Hall–Kier alpha value is -1.96. The Morgan fingerprint density at radius 2 is 2.19 bits per heavy atom. The lowest BCUT2D eigenvalue weighted by Gasteiger charge is -2.04. The average Bonchev–Trinajstić information content (AvgIpc) is 2.68. The van der Waals surface area contributed by atoms with Gasteiger partial charge in [0.05, 0.1) is 6.26 Å². The summed E-state index contributed by atoms with van der Waals surface area (Å²) in [6.45, 7) is 0. The van der Waals surface area contributed by atoms with Gasteiger partial charge in [-0.2, -0.15) is 5.21 Å². The smallest absolute Gasteiger partial charge is 0.229 e. The Kier molecular flexibility index (Phi) is 2.57. The molecule has 0 saturated heterocycles. The van der Waals surface area contributed by atoms with Gasteiger partial charge in [0.2, 0.25) is 15.8 Å². The van der Waals surface area contributed by atoms with Crippen LogP contribution in [0.5, 0.6) is 0 Å². The number of nitrogens with zero attached hydrogens (tertiary/aromatic N) is 3. The standard InChI is InChI=1S/C8H9N5O2S/c1-16(14,15)11-7-4-2-3-6(5-7)8-9-12-13-10-8/h2-5,11H,1H3,(H,9,10,12,13). The number of tetrazole rings is 1. The molecule has 0 radical (unpaired) electrons. The van der Waals surface area contributed by atoms with E-state index < -0.39 is 10.0 Å². The van der Waals surface area contributed by atoms with Gasteiger partial charge in [-0.15, -0.1) is 10.2 Å². The molecule has 16 heavy (non-hydrogen) atoms. The van der Waals surface area contributed by atoms with Crippen LogP contribution in [0.4, 0.5) is 5.69 Å². The lowest BCUT2D eigenvalue weighted by atomic mass is 10.2. The molecule has 0 aliphatic heterocycles. The molecule has 1 aromatic heterocycles. The fourth-order valence-electron chi connectivity index (χ4n) is 1.22. The Balaban J connectivity index is 2.34. The fraction of sp³-hybridized carbons (Fsp3) is 0.125. The van der Waals surface area contributed by atoms with E-state index in [9.17, 15) is 8.42 Å². The van der Waals surface area contributed by atoms with Gasteiger partial charge in [-0.25, -0.2) is 8.42 Å². The van der Waals surface area contributed by atoms with Crippen LogP contribution in [0.1, 0.15) is 0 Å². The number of H-pyrrole nitrogens is 1. The predicted molar refractivity (Wildman–Crippen MR) is 58.1 cm³/mol. The van der Waals surface area contributed by atoms with Gasteiger partial charge in [-0.05, 0) is 17.3 Å². The molecule has 1 aromatic carbocycles. The fourth-order valence-corrected chi connectivity index (χ4v) is 1.78. The van der Waals surface area contributed by atoms with Crippen molar-refractivity contribution >= 4 is 15.7 Å². The van der Waals surface area contributed by atoms with Gasteiger partial charge in [0.15, 0.2) is 0 Å². The maximum absolute atomic E-state index is 11.0. The third-order valence-electron chi connectivity index (χ3n) is 1.77. The highest BCUT2D eigenvalue weighted by atomic mass is 32.2. The first-order valence-corrected chi connectivity index (χ1v) is 6.25. The SMILES string of the molecule is CS(=O)(=O)Nc1cccc(-c2nn[nH]n2)c1. The number of nitrogens with one attached hydrogen (secondary N) is 2. The summed E-state index contributed by atoms with van der Waals surface area (Å²) >= 11 is 0. The monoisotopic (exact) mass is 239 g/mol. The van der Waals surface area contributed by atoms with E-state index in [0.29, 0.717) is 17.1 Å². The van der Waals surface area contributed by atoms with Gasteiger partial charge < -0.3 is 0 Å². The minimum atomic E-state index is -3.28. The molecule has 84 valence electrons. The molecule has 7 nitrogen and oxygen atoms in total. The van der Waals surface area contributed by atoms with E-state index in [1.54, 1.807) is 24.3 Å². The van der Waals surface area contributed by atoms with Crippen molar-refractivity contribution in [1.82, 2.24) is 20.6 Å². The van der Waals surface area contributed by atoms with Crippen LogP contribution in [-0.2, 0) is 10.0 Å². The van der Waals surface area contributed by atoms with E-state index in [-0.39, 0.29) is 0 Å². The van der Waals surface area contributed by atoms with Gasteiger partial charge in [-0.1, -0.05) is 12.1 Å². The molecule has 0 fully saturated rings. The van der Waals surface area contributed by atoms with Crippen molar-refractivity contribution in [2.24, 2.45) is 0 Å². The van der Waals surface area contributed by atoms with Crippen molar-refractivity contribution in [3.05, 3.63) is 24.3 Å². The van der Waals surface area contributed by atoms with Crippen molar-refractivity contribution in [3.63, 3.8) is 0 Å². The lowest BCUT2D eigenvalue weighted by molar-refractivity contribution is 0.607. The molecular formula is C8H9N5O2S. The lowest BCUT2D eigenvalue weighted by Crippen LogP contribution is -2.09. The third-order valence-corrected chi connectivity index (χ3v) is 2.38. The van der Waals surface area contributed by atoms with Crippen LogP contribution < -0.4 is 4.72 Å². The highest BCUT2D eigenvalue weighted by Crippen LogP contribution is 2.18. The predicted octanol–water partition coefficient (Wildman–Crippen LogP) is 0.238. The van der Waals surface area contributed by atoms with Crippen molar-refractivity contribution in [2.75, 3.05) is 11.0 Å². The van der Waals surface area contributed by atoms with Crippen LogP contribution in [0.3, 0.4) is 0 Å². The maximum Gasteiger partial charge on any atom is 0.229 e. The number of sulfonamides is 1. The van der Waals surface area contributed by atoms with E-state index in [2.05, 4.69) is 25.3 Å².